The van der Waals surface area contributed by atoms with E-state index in [0.29, 0.717) is 0 Å². The quantitative estimate of drug-likeness (QED) is 0.654. The van der Waals surface area contributed by atoms with Gasteiger partial charge < -0.3 is 5.32 Å². The molecule has 0 radical (unpaired) electrons. The summed E-state index contributed by atoms with van der Waals surface area (Å²) in [5, 5.41) is 5.13. The zero-order chi connectivity index (χ0) is 11.1. The molecule has 0 atom stereocenters. The van der Waals surface area contributed by atoms with E-state index in [1.54, 1.807) is 11.3 Å². The molecule has 0 spiro atoms. The van der Waals surface area contributed by atoms with E-state index in [-0.39, 0.29) is 24.0 Å². The van der Waals surface area contributed by atoms with Crippen molar-refractivity contribution in [3.8, 4) is 0 Å². The molecule has 0 amide bonds. The number of thiophene rings is 1. The molecule has 0 unspecified atom stereocenters. The van der Waals surface area contributed by atoms with E-state index in [4.69, 9.17) is 11.6 Å². The van der Waals surface area contributed by atoms with Crippen molar-refractivity contribution in [2.45, 2.75) is 0 Å². The van der Waals surface area contributed by atoms with Crippen molar-refractivity contribution in [3.63, 3.8) is 0 Å². The monoisotopic (exact) mass is 442 g/mol. The van der Waals surface area contributed by atoms with Gasteiger partial charge in [-0.1, -0.05) is 33.6 Å². The highest BCUT2D eigenvalue weighted by Gasteiger charge is 2.18. The SMILES string of the molecule is Clc1c(C2=NCCN2)sc2cccc(Br)c12.I. The van der Waals surface area contributed by atoms with Crippen LogP contribution in [-0.2, 0) is 0 Å². The van der Waals surface area contributed by atoms with Gasteiger partial charge in [0, 0.05) is 21.1 Å². The highest BCUT2D eigenvalue weighted by molar-refractivity contribution is 14.0. The topological polar surface area (TPSA) is 24.4 Å². The molecule has 2 aromatic rings. The fraction of sp³-hybridized carbons (Fsp3) is 0.182. The van der Waals surface area contributed by atoms with Crippen LogP contribution in [0.2, 0.25) is 5.02 Å². The van der Waals surface area contributed by atoms with Crippen molar-refractivity contribution in [1.29, 1.82) is 0 Å². The minimum absolute atomic E-state index is 0. The van der Waals surface area contributed by atoms with E-state index in [0.717, 1.165) is 38.7 Å². The Morgan fingerprint density at radius 3 is 2.88 bits per heavy atom. The van der Waals surface area contributed by atoms with Crippen LogP contribution in [-0.4, -0.2) is 18.9 Å². The number of benzene rings is 1. The summed E-state index contributed by atoms with van der Waals surface area (Å²) in [5.74, 6) is 0.929. The number of halogens is 3. The predicted molar refractivity (Wildman–Crippen MR) is 89.4 cm³/mol. The molecule has 0 bridgehead atoms. The molecule has 2 heterocycles. The minimum atomic E-state index is 0. The van der Waals surface area contributed by atoms with Gasteiger partial charge in [-0.25, -0.2) is 0 Å². The molecular weight excluding hydrogens is 434 g/mol. The molecule has 1 aliphatic rings. The molecule has 0 aliphatic carbocycles. The van der Waals surface area contributed by atoms with Gasteiger partial charge in [0.05, 0.1) is 16.4 Å². The van der Waals surface area contributed by atoms with Crippen LogP contribution in [0.3, 0.4) is 0 Å². The van der Waals surface area contributed by atoms with Crippen LogP contribution >= 0.6 is 62.8 Å². The Morgan fingerprint density at radius 1 is 1.41 bits per heavy atom. The first-order valence-corrected chi connectivity index (χ1v) is 6.91. The molecule has 6 heteroatoms. The maximum absolute atomic E-state index is 6.40. The van der Waals surface area contributed by atoms with Gasteiger partial charge in [0.2, 0.25) is 0 Å². The second-order valence-corrected chi connectivity index (χ2v) is 5.80. The van der Waals surface area contributed by atoms with Gasteiger partial charge in [-0.05, 0) is 12.1 Å². The molecule has 1 aromatic carbocycles. The molecule has 17 heavy (non-hydrogen) atoms. The second kappa shape index (κ2) is 5.42. The number of aliphatic imine (C=N–C) groups is 1. The number of hydrogen-bond acceptors (Lipinski definition) is 3. The van der Waals surface area contributed by atoms with Crippen molar-refractivity contribution in [2.24, 2.45) is 4.99 Å². The Kier molecular flexibility index (Phi) is 4.33. The van der Waals surface area contributed by atoms with Crippen LogP contribution in [0.4, 0.5) is 0 Å². The normalized spacial score (nSPS) is 14.4. The van der Waals surface area contributed by atoms with Crippen molar-refractivity contribution >= 4 is 78.8 Å². The summed E-state index contributed by atoms with van der Waals surface area (Å²) in [6.07, 6.45) is 0. The standard InChI is InChI=1S/C11H8BrClN2S.HI/c12-6-2-1-3-7-8(6)9(13)10(16-7)11-14-4-5-15-11;/h1-3H,4-5H2,(H,14,15);1H. The maximum Gasteiger partial charge on any atom is 0.140 e. The zero-order valence-electron chi connectivity index (χ0n) is 8.67. The fourth-order valence-corrected chi connectivity index (χ4v) is 4.15. The third-order valence-electron chi connectivity index (χ3n) is 2.50. The van der Waals surface area contributed by atoms with Crippen LogP contribution in [0.5, 0.6) is 0 Å². The predicted octanol–water partition coefficient (Wildman–Crippen LogP) is 4.29. The number of amidine groups is 1. The fourth-order valence-electron chi connectivity index (χ4n) is 1.77. The Bertz CT molecular complexity index is 596. The molecule has 1 N–H and O–H groups in total. The number of nitrogens with one attached hydrogen (secondary N) is 1. The number of nitrogens with zero attached hydrogens (tertiary/aromatic N) is 1. The zero-order valence-corrected chi connectivity index (χ0v) is 14.2. The molecular formula is C11H9BrClIN2S. The largest absolute Gasteiger partial charge is 0.367 e. The molecule has 0 saturated heterocycles. The van der Waals surface area contributed by atoms with Crippen molar-refractivity contribution in [1.82, 2.24) is 5.32 Å². The van der Waals surface area contributed by atoms with E-state index in [1.807, 2.05) is 12.1 Å². The summed E-state index contributed by atoms with van der Waals surface area (Å²) < 4.78 is 2.22. The van der Waals surface area contributed by atoms with Crippen LogP contribution in [0.25, 0.3) is 10.1 Å². The number of fused-ring (bicyclic) bond motifs is 1. The summed E-state index contributed by atoms with van der Waals surface area (Å²) >= 11 is 11.6. The lowest BCUT2D eigenvalue weighted by atomic mass is 10.2. The third kappa shape index (κ3) is 2.34. The van der Waals surface area contributed by atoms with Crippen LogP contribution in [0.15, 0.2) is 27.7 Å². The number of rotatable bonds is 1. The van der Waals surface area contributed by atoms with Crippen molar-refractivity contribution < 1.29 is 0 Å². The Balaban J connectivity index is 0.00000108. The smallest absolute Gasteiger partial charge is 0.140 e. The van der Waals surface area contributed by atoms with Crippen LogP contribution in [0, 0.1) is 0 Å². The van der Waals surface area contributed by atoms with Gasteiger partial charge >= 0.3 is 0 Å². The van der Waals surface area contributed by atoms with E-state index in [2.05, 4.69) is 32.3 Å². The highest BCUT2D eigenvalue weighted by Crippen LogP contribution is 2.39. The third-order valence-corrected chi connectivity index (χ3v) is 4.81. The van der Waals surface area contributed by atoms with Crippen molar-refractivity contribution in [2.75, 3.05) is 13.1 Å². The summed E-state index contributed by atoms with van der Waals surface area (Å²) in [4.78, 5) is 5.45. The minimum Gasteiger partial charge on any atom is -0.367 e. The first-order valence-electron chi connectivity index (χ1n) is 4.92. The molecule has 3 rings (SSSR count). The molecule has 0 fully saturated rings. The summed E-state index contributed by atoms with van der Waals surface area (Å²) in [7, 11) is 0. The van der Waals surface area contributed by atoms with E-state index >= 15 is 0 Å². The Hall–Kier alpha value is 0.150. The van der Waals surface area contributed by atoms with Gasteiger partial charge in [0.1, 0.15) is 5.84 Å². The second-order valence-electron chi connectivity index (χ2n) is 3.52. The van der Waals surface area contributed by atoms with Gasteiger partial charge in [0.15, 0.2) is 0 Å². The lowest BCUT2D eigenvalue weighted by Crippen LogP contribution is -2.18. The average molecular weight is 444 g/mol. The first kappa shape index (κ1) is 13.6. The van der Waals surface area contributed by atoms with E-state index in [9.17, 15) is 0 Å². The van der Waals surface area contributed by atoms with Gasteiger partial charge in [-0.15, -0.1) is 35.3 Å². The Labute approximate surface area is 134 Å². The molecule has 90 valence electrons. The molecule has 1 aromatic heterocycles. The van der Waals surface area contributed by atoms with E-state index in [1.165, 1.54) is 4.70 Å². The first-order chi connectivity index (χ1) is 7.77. The lowest BCUT2D eigenvalue weighted by molar-refractivity contribution is 0.960. The Morgan fingerprint density at radius 2 is 2.24 bits per heavy atom. The molecule has 2 nitrogen and oxygen atoms in total. The maximum atomic E-state index is 6.40. The number of hydrogen-bond donors (Lipinski definition) is 1. The van der Waals surface area contributed by atoms with E-state index < -0.39 is 0 Å². The van der Waals surface area contributed by atoms with Gasteiger partial charge in [0.25, 0.3) is 0 Å². The molecule has 1 aliphatic heterocycles. The highest BCUT2D eigenvalue weighted by atomic mass is 127. The summed E-state index contributed by atoms with van der Waals surface area (Å²) in [6.45, 7) is 1.74. The van der Waals surface area contributed by atoms with Crippen LogP contribution in [0.1, 0.15) is 4.88 Å². The summed E-state index contributed by atoms with van der Waals surface area (Å²) in [6, 6.07) is 6.11. The summed E-state index contributed by atoms with van der Waals surface area (Å²) in [5.41, 5.74) is 0. The molecule has 0 saturated carbocycles. The van der Waals surface area contributed by atoms with Crippen LogP contribution < -0.4 is 5.32 Å². The van der Waals surface area contributed by atoms with Crippen molar-refractivity contribution in [3.05, 3.63) is 32.6 Å². The lowest BCUT2D eigenvalue weighted by Gasteiger charge is -1.98. The van der Waals surface area contributed by atoms with Gasteiger partial charge in [-0.3, -0.25) is 4.99 Å². The van der Waals surface area contributed by atoms with Gasteiger partial charge in [-0.2, -0.15) is 0 Å². The average Bonchev–Trinajstić information content (AvgIpc) is 2.86.